The highest BCUT2D eigenvalue weighted by atomic mass is 16.4. The highest BCUT2D eigenvalue weighted by Gasteiger charge is 2.28. The lowest BCUT2D eigenvalue weighted by atomic mass is 10.0. The van der Waals surface area contributed by atoms with Crippen molar-refractivity contribution in [1.29, 1.82) is 0 Å². The molecule has 13 heteroatoms. The smallest absolute Gasteiger partial charge is 0.325 e. The molecule has 0 saturated carbocycles. The molecular weight excluding hydrogens is 424 g/mol. The number of nitrogens with one attached hydrogen (secondary N) is 5. The van der Waals surface area contributed by atoms with Crippen LogP contribution in [-0.2, 0) is 28.8 Å². The lowest BCUT2D eigenvalue weighted by molar-refractivity contribution is -0.141. The summed E-state index contributed by atoms with van der Waals surface area (Å²) in [6, 6.07) is -4.89. The zero-order valence-electron chi connectivity index (χ0n) is 19.1. The van der Waals surface area contributed by atoms with Gasteiger partial charge in [0.2, 0.25) is 29.5 Å². The van der Waals surface area contributed by atoms with Crippen LogP contribution in [0.25, 0.3) is 0 Å². The van der Waals surface area contributed by atoms with E-state index < -0.39 is 72.3 Å². The highest BCUT2D eigenvalue weighted by molar-refractivity contribution is 5.95. The van der Waals surface area contributed by atoms with Crippen molar-refractivity contribution in [3.63, 3.8) is 0 Å². The Morgan fingerprint density at radius 3 is 1.66 bits per heavy atom. The predicted octanol–water partition coefficient (Wildman–Crippen LogP) is -2.81. The van der Waals surface area contributed by atoms with Gasteiger partial charge in [-0.25, -0.2) is 0 Å². The number of hydrogen-bond donors (Lipinski definition) is 7. The molecule has 0 spiro atoms. The van der Waals surface area contributed by atoms with Gasteiger partial charge < -0.3 is 37.4 Å². The summed E-state index contributed by atoms with van der Waals surface area (Å²) in [5.41, 5.74) is 5.50. The van der Waals surface area contributed by atoms with Gasteiger partial charge in [-0.3, -0.25) is 28.8 Å². The second-order valence-corrected chi connectivity index (χ2v) is 7.82. The van der Waals surface area contributed by atoms with E-state index in [0.29, 0.717) is 0 Å². The van der Waals surface area contributed by atoms with Crippen molar-refractivity contribution in [3.8, 4) is 0 Å². The minimum atomic E-state index is -1.22. The number of nitrogens with two attached hydrogens (primary N) is 1. The van der Waals surface area contributed by atoms with Crippen molar-refractivity contribution >= 4 is 35.5 Å². The number of carbonyl (C=O) groups is 6. The third kappa shape index (κ3) is 10.2. The average molecular weight is 459 g/mol. The summed E-state index contributed by atoms with van der Waals surface area (Å²) in [6.07, 6.45) is 0. The van der Waals surface area contributed by atoms with Gasteiger partial charge >= 0.3 is 5.97 Å². The molecule has 0 radical (unpaired) electrons. The summed E-state index contributed by atoms with van der Waals surface area (Å²) in [5, 5.41) is 20.6. The Bertz CT molecular complexity index is 725. The molecule has 0 aromatic rings. The Labute approximate surface area is 186 Å². The minimum absolute atomic E-state index is 0.271. The fraction of sp³-hybridized carbons (Fsp3) is 0.684. The number of carboxylic acids is 1. The number of carbonyl (C=O) groups excluding carboxylic acids is 5. The summed E-state index contributed by atoms with van der Waals surface area (Å²) < 4.78 is 0. The van der Waals surface area contributed by atoms with Crippen LogP contribution in [0, 0.1) is 5.92 Å². The molecule has 0 aliphatic carbocycles. The van der Waals surface area contributed by atoms with Crippen molar-refractivity contribution in [2.45, 2.75) is 71.8 Å². The van der Waals surface area contributed by atoms with Crippen molar-refractivity contribution in [1.82, 2.24) is 26.6 Å². The molecular formula is C19H34N6O7. The monoisotopic (exact) mass is 458 g/mol. The Kier molecular flexibility index (Phi) is 11.9. The van der Waals surface area contributed by atoms with Crippen LogP contribution in [-0.4, -0.2) is 77.4 Å². The molecule has 0 heterocycles. The standard InChI is InChI=1S/C19H34N6O7/c1-8(2)14(25-15(27)9(3)20)18(30)24-11(5)17(29)23-10(4)16(28)21-7-13(26)22-12(6)19(31)32/h8-12,14H,7,20H2,1-6H3,(H,21,28)(H,22,26)(H,23,29)(H,24,30)(H,25,27)(H,31,32)/t9-,10-,11-,12-,14-/m0/s1. The van der Waals surface area contributed by atoms with Gasteiger partial charge in [0.25, 0.3) is 0 Å². The Hall–Kier alpha value is -3.22. The Morgan fingerprint density at radius 1 is 0.688 bits per heavy atom. The first kappa shape index (κ1) is 28.8. The largest absolute Gasteiger partial charge is 0.480 e. The number of hydrogen-bond acceptors (Lipinski definition) is 7. The van der Waals surface area contributed by atoms with E-state index in [1.807, 2.05) is 0 Å². The van der Waals surface area contributed by atoms with Crippen LogP contribution in [0.2, 0.25) is 0 Å². The summed E-state index contributed by atoms with van der Waals surface area (Å²) in [5.74, 6) is -4.64. The molecule has 0 rings (SSSR count). The summed E-state index contributed by atoms with van der Waals surface area (Å²) in [4.78, 5) is 71.0. The molecule has 0 fully saturated rings. The van der Waals surface area contributed by atoms with E-state index in [1.165, 1.54) is 27.7 Å². The topological polar surface area (TPSA) is 209 Å². The SMILES string of the molecule is CC(C)[C@H](NC(=O)[C@H](C)N)C(=O)N[C@@H](C)C(=O)N[C@@H](C)C(=O)NCC(=O)N[C@@H](C)C(=O)O. The maximum absolute atomic E-state index is 12.5. The maximum atomic E-state index is 12.5. The maximum Gasteiger partial charge on any atom is 0.325 e. The first-order valence-electron chi connectivity index (χ1n) is 10.1. The summed E-state index contributed by atoms with van der Waals surface area (Å²) in [7, 11) is 0. The molecule has 182 valence electrons. The number of amides is 5. The van der Waals surface area contributed by atoms with Crippen molar-refractivity contribution in [2.75, 3.05) is 6.54 Å². The van der Waals surface area contributed by atoms with Crippen LogP contribution >= 0.6 is 0 Å². The van der Waals surface area contributed by atoms with Gasteiger partial charge in [0.05, 0.1) is 12.6 Å². The van der Waals surface area contributed by atoms with Gasteiger partial charge in [-0.1, -0.05) is 13.8 Å². The van der Waals surface area contributed by atoms with Gasteiger partial charge in [0, 0.05) is 0 Å². The first-order chi connectivity index (χ1) is 14.7. The molecule has 0 aliphatic rings. The summed E-state index contributed by atoms with van der Waals surface area (Å²) >= 11 is 0. The zero-order valence-corrected chi connectivity index (χ0v) is 19.1. The van der Waals surface area contributed by atoms with Crippen LogP contribution in [0.4, 0.5) is 0 Å². The van der Waals surface area contributed by atoms with Crippen LogP contribution in [0.3, 0.4) is 0 Å². The van der Waals surface area contributed by atoms with E-state index in [-0.39, 0.29) is 5.92 Å². The normalized spacial score (nSPS) is 15.4. The Balaban J connectivity index is 4.70. The first-order valence-corrected chi connectivity index (χ1v) is 10.1. The van der Waals surface area contributed by atoms with Crippen LogP contribution < -0.4 is 32.3 Å². The van der Waals surface area contributed by atoms with Crippen molar-refractivity contribution < 1.29 is 33.9 Å². The Morgan fingerprint density at radius 2 is 1.19 bits per heavy atom. The molecule has 0 saturated heterocycles. The zero-order chi connectivity index (χ0) is 25.2. The number of carboxylic acid groups (broad SMARTS) is 1. The second-order valence-electron chi connectivity index (χ2n) is 7.82. The van der Waals surface area contributed by atoms with Gasteiger partial charge in [-0.05, 0) is 33.6 Å². The van der Waals surface area contributed by atoms with E-state index in [1.54, 1.807) is 13.8 Å². The lowest BCUT2D eigenvalue weighted by Gasteiger charge is -2.25. The van der Waals surface area contributed by atoms with Crippen LogP contribution in [0.15, 0.2) is 0 Å². The average Bonchev–Trinajstić information content (AvgIpc) is 2.68. The number of aliphatic carboxylic acids is 1. The van der Waals surface area contributed by atoms with Crippen LogP contribution in [0.5, 0.6) is 0 Å². The molecule has 0 unspecified atom stereocenters. The molecule has 13 nitrogen and oxygen atoms in total. The molecule has 5 atom stereocenters. The third-order valence-corrected chi connectivity index (χ3v) is 4.34. The van der Waals surface area contributed by atoms with E-state index in [0.717, 1.165) is 0 Å². The number of rotatable bonds is 12. The molecule has 5 amide bonds. The van der Waals surface area contributed by atoms with E-state index in [4.69, 9.17) is 10.8 Å². The highest BCUT2D eigenvalue weighted by Crippen LogP contribution is 2.03. The molecule has 32 heavy (non-hydrogen) atoms. The minimum Gasteiger partial charge on any atom is -0.480 e. The van der Waals surface area contributed by atoms with Crippen molar-refractivity contribution in [3.05, 3.63) is 0 Å². The van der Waals surface area contributed by atoms with Gasteiger partial charge in [-0.15, -0.1) is 0 Å². The lowest BCUT2D eigenvalue weighted by Crippen LogP contribution is -2.57. The van der Waals surface area contributed by atoms with Gasteiger partial charge in [0.1, 0.15) is 24.2 Å². The molecule has 0 aromatic carbocycles. The molecule has 0 aliphatic heterocycles. The fourth-order valence-electron chi connectivity index (χ4n) is 2.27. The van der Waals surface area contributed by atoms with Crippen molar-refractivity contribution in [2.24, 2.45) is 11.7 Å². The fourth-order valence-corrected chi connectivity index (χ4v) is 2.27. The van der Waals surface area contributed by atoms with Gasteiger partial charge in [0.15, 0.2) is 0 Å². The third-order valence-electron chi connectivity index (χ3n) is 4.34. The molecule has 0 aromatic heterocycles. The van der Waals surface area contributed by atoms with E-state index in [9.17, 15) is 28.8 Å². The van der Waals surface area contributed by atoms with E-state index >= 15 is 0 Å². The second kappa shape index (κ2) is 13.2. The summed E-state index contributed by atoms with van der Waals surface area (Å²) in [6.45, 7) is 8.49. The van der Waals surface area contributed by atoms with E-state index in [2.05, 4.69) is 26.6 Å². The predicted molar refractivity (Wildman–Crippen MR) is 114 cm³/mol. The quantitative estimate of drug-likeness (QED) is 0.162. The van der Waals surface area contributed by atoms with Crippen LogP contribution in [0.1, 0.15) is 41.5 Å². The van der Waals surface area contributed by atoms with Gasteiger partial charge in [-0.2, -0.15) is 0 Å². The molecule has 0 bridgehead atoms. The molecule has 8 N–H and O–H groups in total.